The molecule has 1 aliphatic rings. The van der Waals surface area contributed by atoms with E-state index in [1.165, 1.54) is 17.4 Å². The molecule has 8 nitrogen and oxygen atoms in total. The molecule has 1 aliphatic heterocycles. The van der Waals surface area contributed by atoms with Gasteiger partial charge in [0, 0.05) is 30.0 Å². The molecule has 3 aromatic rings. The van der Waals surface area contributed by atoms with Gasteiger partial charge >= 0.3 is 0 Å². The second-order valence-corrected chi connectivity index (χ2v) is 8.38. The van der Waals surface area contributed by atoms with Gasteiger partial charge in [-0.1, -0.05) is 23.5 Å². The number of hydrogen-bond acceptors (Lipinski definition) is 8. The van der Waals surface area contributed by atoms with Crippen molar-refractivity contribution in [3.63, 3.8) is 0 Å². The molecule has 2 N–H and O–H groups in total. The van der Waals surface area contributed by atoms with Crippen LogP contribution in [0.15, 0.2) is 54.8 Å². The molecule has 0 saturated heterocycles. The molecular formula is C23H23N3O5S. The Bertz CT molecular complexity index is 1140. The standard InChI is InChI=1S/C23H23N3O5S/c1-29-17-8-5-14(6-9-17)18(13-15-12-16(26(27)28)7-10-19(15)30-2)21-22(32-23(24)25-21)20-4-3-11-31-20/h3,5-12,18,20H,4,13H2,1-2H3,(H2,24,25). The van der Waals surface area contributed by atoms with Gasteiger partial charge in [0.25, 0.3) is 5.69 Å². The van der Waals surface area contributed by atoms with Crippen molar-refractivity contribution in [2.75, 3.05) is 20.0 Å². The predicted octanol–water partition coefficient (Wildman–Crippen LogP) is 5.00. The number of nitro groups is 1. The lowest BCUT2D eigenvalue weighted by atomic mass is 9.87. The zero-order chi connectivity index (χ0) is 22.7. The van der Waals surface area contributed by atoms with Crippen LogP contribution in [-0.2, 0) is 11.2 Å². The van der Waals surface area contributed by atoms with Crippen molar-refractivity contribution in [1.82, 2.24) is 4.98 Å². The van der Waals surface area contributed by atoms with Crippen molar-refractivity contribution in [1.29, 1.82) is 0 Å². The zero-order valence-electron chi connectivity index (χ0n) is 17.7. The van der Waals surface area contributed by atoms with E-state index in [1.807, 2.05) is 30.3 Å². The van der Waals surface area contributed by atoms with Crippen molar-refractivity contribution in [3.8, 4) is 11.5 Å². The van der Waals surface area contributed by atoms with E-state index < -0.39 is 4.92 Å². The number of nitrogen functional groups attached to an aromatic ring is 1. The minimum atomic E-state index is -0.407. The fourth-order valence-electron chi connectivity index (χ4n) is 3.86. The topological polar surface area (TPSA) is 110 Å². The number of benzene rings is 2. The molecule has 0 fully saturated rings. The highest BCUT2D eigenvalue weighted by molar-refractivity contribution is 7.15. The summed E-state index contributed by atoms with van der Waals surface area (Å²) in [4.78, 5) is 16.6. The number of nitrogens with zero attached hydrogens (tertiary/aromatic N) is 2. The molecule has 0 amide bonds. The Morgan fingerprint density at radius 1 is 1.25 bits per heavy atom. The quantitative estimate of drug-likeness (QED) is 0.377. The number of non-ortho nitro benzene ring substituents is 1. The summed E-state index contributed by atoms with van der Waals surface area (Å²) >= 11 is 1.41. The first-order valence-electron chi connectivity index (χ1n) is 10.0. The molecule has 0 bridgehead atoms. The van der Waals surface area contributed by atoms with Crippen LogP contribution in [0.3, 0.4) is 0 Å². The third-order valence-corrected chi connectivity index (χ3v) is 6.42. The van der Waals surface area contributed by atoms with Crippen LogP contribution in [-0.4, -0.2) is 24.1 Å². The highest BCUT2D eigenvalue weighted by Crippen LogP contribution is 2.42. The zero-order valence-corrected chi connectivity index (χ0v) is 18.5. The molecule has 1 aromatic heterocycles. The Hall–Kier alpha value is -3.59. The van der Waals surface area contributed by atoms with Gasteiger partial charge in [0.05, 0.1) is 36.0 Å². The van der Waals surface area contributed by atoms with Crippen LogP contribution < -0.4 is 15.2 Å². The van der Waals surface area contributed by atoms with Gasteiger partial charge in [-0.3, -0.25) is 10.1 Å². The maximum absolute atomic E-state index is 11.4. The number of anilines is 1. The lowest BCUT2D eigenvalue weighted by Crippen LogP contribution is -2.11. The first-order chi connectivity index (χ1) is 15.5. The average Bonchev–Trinajstić information content (AvgIpc) is 3.47. The highest BCUT2D eigenvalue weighted by Gasteiger charge is 2.29. The minimum absolute atomic E-state index is 0.00984. The van der Waals surface area contributed by atoms with Gasteiger partial charge in [0.2, 0.25) is 0 Å². The van der Waals surface area contributed by atoms with Crippen molar-refractivity contribution in [3.05, 3.63) is 86.6 Å². The summed E-state index contributed by atoms with van der Waals surface area (Å²) in [7, 11) is 3.17. The summed E-state index contributed by atoms with van der Waals surface area (Å²) in [5.41, 5.74) is 8.63. The minimum Gasteiger partial charge on any atom is -0.497 e. The summed E-state index contributed by atoms with van der Waals surface area (Å²) in [6, 6.07) is 12.3. The molecule has 166 valence electrons. The van der Waals surface area contributed by atoms with Crippen LogP contribution in [0.2, 0.25) is 0 Å². The maximum Gasteiger partial charge on any atom is 0.269 e. The van der Waals surface area contributed by atoms with Crippen molar-refractivity contribution >= 4 is 22.2 Å². The van der Waals surface area contributed by atoms with E-state index in [1.54, 1.807) is 32.6 Å². The van der Waals surface area contributed by atoms with Crippen LogP contribution in [0, 0.1) is 10.1 Å². The summed E-state index contributed by atoms with van der Waals surface area (Å²) in [5, 5.41) is 11.8. The molecule has 2 atom stereocenters. The highest BCUT2D eigenvalue weighted by atomic mass is 32.1. The summed E-state index contributed by atoms with van der Waals surface area (Å²) in [6.07, 6.45) is 4.69. The molecule has 0 radical (unpaired) electrons. The number of nitro benzene ring substituents is 1. The maximum atomic E-state index is 11.4. The molecule has 0 aliphatic carbocycles. The fraction of sp³-hybridized carbons (Fsp3) is 0.261. The largest absolute Gasteiger partial charge is 0.497 e. The average molecular weight is 454 g/mol. The number of ether oxygens (including phenoxy) is 3. The lowest BCUT2D eigenvalue weighted by Gasteiger charge is -2.21. The van der Waals surface area contributed by atoms with Crippen LogP contribution in [0.25, 0.3) is 0 Å². The number of aromatic nitrogens is 1. The summed E-state index contributed by atoms with van der Waals surface area (Å²) in [6.45, 7) is 0. The molecule has 0 saturated carbocycles. The normalized spacial score (nSPS) is 15.9. The van der Waals surface area contributed by atoms with E-state index in [2.05, 4.69) is 4.98 Å². The first-order valence-corrected chi connectivity index (χ1v) is 10.8. The molecule has 9 heteroatoms. The number of rotatable bonds is 8. The monoisotopic (exact) mass is 453 g/mol. The number of hydrogen-bond donors (Lipinski definition) is 1. The van der Waals surface area contributed by atoms with E-state index in [0.29, 0.717) is 22.9 Å². The van der Waals surface area contributed by atoms with Crippen LogP contribution in [0.1, 0.15) is 40.1 Å². The van der Waals surface area contributed by atoms with E-state index in [-0.39, 0.29) is 17.7 Å². The van der Waals surface area contributed by atoms with Crippen molar-refractivity contribution in [2.24, 2.45) is 0 Å². The van der Waals surface area contributed by atoms with Gasteiger partial charge in [0.1, 0.15) is 17.6 Å². The SMILES string of the molecule is COc1ccc(C(Cc2cc([N+](=O)[O-])ccc2OC)c2nc(N)sc2C2CC=CO2)cc1. The van der Waals surface area contributed by atoms with E-state index in [0.717, 1.165) is 28.3 Å². The first kappa shape index (κ1) is 21.6. The fourth-order valence-corrected chi connectivity index (χ4v) is 4.81. The summed E-state index contributed by atoms with van der Waals surface area (Å²) < 4.78 is 16.6. The number of methoxy groups -OCH3 is 2. The van der Waals surface area contributed by atoms with Crippen molar-refractivity contribution < 1.29 is 19.1 Å². The number of thiazole rings is 1. The third kappa shape index (κ3) is 4.38. The molecule has 2 heterocycles. The van der Waals surface area contributed by atoms with E-state index >= 15 is 0 Å². The second-order valence-electron chi connectivity index (χ2n) is 7.32. The van der Waals surface area contributed by atoms with E-state index in [4.69, 9.17) is 19.9 Å². The third-order valence-electron chi connectivity index (χ3n) is 5.43. The Kier molecular flexibility index (Phi) is 6.27. The lowest BCUT2D eigenvalue weighted by molar-refractivity contribution is -0.384. The van der Waals surface area contributed by atoms with Gasteiger partial charge in [-0.2, -0.15) is 0 Å². The van der Waals surface area contributed by atoms with Gasteiger partial charge in [-0.05, 0) is 36.3 Å². The Balaban J connectivity index is 1.81. The summed E-state index contributed by atoms with van der Waals surface area (Å²) in [5.74, 6) is 1.10. The van der Waals surface area contributed by atoms with Crippen molar-refractivity contribution in [2.45, 2.75) is 24.9 Å². The Morgan fingerprint density at radius 3 is 2.66 bits per heavy atom. The molecular weight excluding hydrogens is 430 g/mol. The molecule has 2 unspecified atom stereocenters. The predicted molar refractivity (Wildman–Crippen MR) is 122 cm³/mol. The van der Waals surface area contributed by atoms with Gasteiger partial charge < -0.3 is 19.9 Å². The molecule has 2 aromatic carbocycles. The molecule has 0 spiro atoms. The van der Waals surface area contributed by atoms with Gasteiger partial charge in [-0.15, -0.1) is 0 Å². The van der Waals surface area contributed by atoms with Gasteiger partial charge in [-0.25, -0.2) is 4.98 Å². The van der Waals surface area contributed by atoms with Crippen LogP contribution >= 0.6 is 11.3 Å². The number of nitrogens with two attached hydrogens (primary N) is 1. The molecule has 32 heavy (non-hydrogen) atoms. The molecule has 4 rings (SSSR count). The Labute approximate surface area is 189 Å². The van der Waals surface area contributed by atoms with Gasteiger partial charge in [0.15, 0.2) is 5.13 Å². The smallest absolute Gasteiger partial charge is 0.269 e. The van der Waals surface area contributed by atoms with Crippen LogP contribution in [0.4, 0.5) is 10.8 Å². The van der Waals surface area contributed by atoms with Crippen LogP contribution in [0.5, 0.6) is 11.5 Å². The Morgan fingerprint density at radius 2 is 2.03 bits per heavy atom. The van der Waals surface area contributed by atoms with E-state index in [9.17, 15) is 10.1 Å². The second kappa shape index (κ2) is 9.27.